The zero-order chi connectivity index (χ0) is 17.1. The van der Waals surface area contributed by atoms with Crippen LogP contribution in [-0.2, 0) is 6.54 Å². The molecule has 0 N–H and O–H groups in total. The van der Waals surface area contributed by atoms with Crippen LogP contribution in [0, 0.1) is 0 Å². The Balaban J connectivity index is 1.79. The lowest BCUT2D eigenvalue weighted by atomic mass is 10.1. The molecular formula is C20H15N3OS. The second-order valence-corrected chi connectivity index (χ2v) is 6.51. The van der Waals surface area contributed by atoms with E-state index in [9.17, 15) is 4.79 Å². The first-order chi connectivity index (χ1) is 12.3. The summed E-state index contributed by atoms with van der Waals surface area (Å²) in [5.41, 5.74) is 2.31. The minimum atomic E-state index is -0.0556. The van der Waals surface area contributed by atoms with Crippen molar-refractivity contribution >= 4 is 33.8 Å². The lowest BCUT2D eigenvalue weighted by Gasteiger charge is -2.22. The summed E-state index contributed by atoms with van der Waals surface area (Å²) in [6.45, 7) is 0.442. The van der Waals surface area contributed by atoms with Crippen molar-refractivity contribution in [1.82, 2.24) is 9.97 Å². The van der Waals surface area contributed by atoms with Crippen LogP contribution in [0.3, 0.4) is 0 Å². The Hall–Kier alpha value is -3.05. The standard InChI is InChI=1S/C20H15N3OS/c24-20(17-10-11-21-18-9-5-4-8-16(17)18)23(14-19-22-12-13-25-19)15-6-2-1-3-7-15/h1-13H,14H2. The molecular weight excluding hydrogens is 330 g/mol. The molecule has 25 heavy (non-hydrogen) atoms. The summed E-state index contributed by atoms with van der Waals surface area (Å²) >= 11 is 1.54. The first-order valence-corrected chi connectivity index (χ1v) is 8.80. The largest absolute Gasteiger partial charge is 0.301 e. The van der Waals surface area contributed by atoms with E-state index in [1.54, 1.807) is 34.7 Å². The van der Waals surface area contributed by atoms with E-state index in [4.69, 9.17) is 0 Å². The van der Waals surface area contributed by atoms with E-state index >= 15 is 0 Å². The SMILES string of the molecule is O=C(c1ccnc2ccccc12)N(Cc1nccs1)c1ccccc1. The average molecular weight is 345 g/mol. The zero-order valence-corrected chi connectivity index (χ0v) is 14.2. The molecule has 0 aliphatic rings. The van der Waals surface area contributed by atoms with Crippen LogP contribution in [0.15, 0.2) is 78.4 Å². The number of amides is 1. The van der Waals surface area contributed by atoms with Crippen LogP contribution in [0.2, 0.25) is 0 Å². The van der Waals surface area contributed by atoms with Gasteiger partial charge in [0.1, 0.15) is 5.01 Å². The second-order valence-electron chi connectivity index (χ2n) is 5.53. The van der Waals surface area contributed by atoms with E-state index in [1.165, 1.54) is 0 Å². The van der Waals surface area contributed by atoms with Crippen LogP contribution < -0.4 is 4.90 Å². The van der Waals surface area contributed by atoms with Crippen LogP contribution in [0.1, 0.15) is 15.4 Å². The van der Waals surface area contributed by atoms with Gasteiger partial charge in [0, 0.05) is 28.8 Å². The molecule has 4 rings (SSSR count). The fraction of sp³-hybridized carbons (Fsp3) is 0.0500. The number of nitrogens with zero attached hydrogens (tertiary/aromatic N) is 3. The van der Waals surface area contributed by atoms with Gasteiger partial charge < -0.3 is 4.90 Å². The Morgan fingerprint density at radius 1 is 0.920 bits per heavy atom. The third kappa shape index (κ3) is 3.14. The fourth-order valence-electron chi connectivity index (χ4n) is 2.78. The van der Waals surface area contributed by atoms with Crippen molar-refractivity contribution in [1.29, 1.82) is 0 Å². The molecule has 0 spiro atoms. The number of carbonyl (C=O) groups is 1. The van der Waals surface area contributed by atoms with Gasteiger partial charge in [0.15, 0.2) is 0 Å². The highest BCUT2D eigenvalue weighted by Crippen LogP contribution is 2.24. The molecule has 4 nitrogen and oxygen atoms in total. The van der Waals surface area contributed by atoms with Crippen LogP contribution in [0.25, 0.3) is 10.9 Å². The van der Waals surface area contributed by atoms with Gasteiger partial charge >= 0.3 is 0 Å². The lowest BCUT2D eigenvalue weighted by molar-refractivity contribution is 0.0986. The van der Waals surface area contributed by atoms with E-state index in [1.807, 2.05) is 60.0 Å². The predicted octanol–water partition coefficient (Wildman–Crippen LogP) is 4.54. The topological polar surface area (TPSA) is 46.1 Å². The molecule has 0 fully saturated rings. The number of benzene rings is 2. The van der Waals surface area contributed by atoms with Crippen LogP contribution in [0.5, 0.6) is 0 Å². The normalized spacial score (nSPS) is 10.7. The van der Waals surface area contributed by atoms with Crippen LogP contribution in [-0.4, -0.2) is 15.9 Å². The Morgan fingerprint density at radius 3 is 2.52 bits per heavy atom. The van der Waals surface area contributed by atoms with Crippen molar-refractivity contribution in [2.75, 3.05) is 4.90 Å². The fourth-order valence-corrected chi connectivity index (χ4v) is 3.39. The third-order valence-corrected chi connectivity index (χ3v) is 4.73. The monoisotopic (exact) mass is 345 g/mol. The summed E-state index contributed by atoms with van der Waals surface area (Å²) in [5.74, 6) is -0.0556. The highest BCUT2D eigenvalue weighted by Gasteiger charge is 2.21. The molecule has 0 bridgehead atoms. The molecule has 2 heterocycles. The number of hydrogen-bond acceptors (Lipinski definition) is 4. The maximum absolute atomic E-state index is 13.4. The van der Waals surface area contributed by atoms with Gasteiger partial charge in [-0.1, -0.05) is 36.4 Å². The van der Waals surface area contributed by atoms with Gasteiger partial charge in [-0.25, -0.2) is 4.98 Å². The molecule has 0 saturated heterocycles. The number of pyridine rings is 1. The Morgan fingerprint density at radius 2 is 1.72 bits per heavy atom. The summed E-state index contributed by atoms with van der Waals surface area (Å²) in [4.78, 5) is 23.8. The molecule has 4 aromatic rings. The van der Waals surface area contributed by atoms with Crippen LogP contribution in [0.4, 0.5) is 5.69 Å². The number of thiazole rings is 1. The quantitative estimate of drug-likeness (QED) is 0.545. The molecule has 0 aliphatic heterocycles. The molecule has 5 heteroatoms. The van der Waals surface area contributed by atoms with E-state index in [2.05, 4.69) is 9.97 Å². The van der Waals surface area contributed by atoms with Crippen molar-refractivity contribution < 1.29 is 4.79 Å². The van der Waals surface area contributed by atoms with Gasteiger partial charge in [-0.15, -0.1) is 11.3 Å². The maximum atomic E-state index is 13.4. The molecule has 0 saturated carbocycles. The van der Waals surface area contributed by atoms with Gasteiger partial charge in [-0.05, 0) is 24.3 Å². The Bertz CT molecular complexity index is 995. The minimum Gasteiger partial charge on any atom is -0.301 e. The van der Waals surface area contributed by atoms with Gasteiger partial charge in [0.25, 0.3) is 5.91 Å². The Kier molecular flexibility index (Phi) is 4.23. The maximum Gasteiger partial charge on any atom is 0.259 e. The van der Waals surface area contributed by atoms with E-state index < -0.39 is 0 Å². The lowest BCUT2D eigenvalue weighted by Crippen LogP contribution is -2.30. The van der Waals surface area contributed by atoms with Gasteiger partial charge in [-0.3, -0.25) is 9.78 Å². The van der Waals surface area contributed by atoms with Crippen molar-refractivity contribution in [2.24, 2.45) is 0 Å². The summed E-state index contributed by atoms with van der Waals surface area (Å²) in [6, 6.07) is 19.2. The highest BCUT2D eigenvalue weighted by atomic mass is 32.1. The number of rotatable bonds is 4. The summed E-state index contributed by atoms with van der Waals surface area (Å²) < 4.78 is 0. The molecule has 2 aromatic carbocycles. The number of fused-ring (bicyclic) bond motifs is 1. The second kappa shape index (κ2) is 6.83. The highest BCUT2D eigenvalue weighted by molar-refractivity contribution is 7.09. The molecule has 0 aliphatic carbocycles. The van der Waals surface area contributed by atoms with E-state index in [0.29, 0.717) is 12.1 Å². The van der Waals surface area contributed by atoms with E-state index in [-0.39, 0.29) is 5.91 Å². The number of carbonyl (C=O) groups excluding carboxylic acids is 1. The summed E-state index contributed by atoms with van der Waals surface area (Å²) in [6.07, 6.45) is 3.44. The first-order valence-electron chi connectivity index (χ1n) is 7.92. The van der Waals surface area contributed by atoms with Crippen molar-refractivity contribution in [3.8, 4) is 0 Å². The molecule has 0 unspecified atom stereocenters. The predicted molar refractivity (Wildman–Crippen MR) is 101 cm³/mol. The van der Waals surface area contributed by atoms with Crippen molar-refractivity contribution in [3.63, 3.8) is 0 Å². The number of anilines is 1. The third-order valence-electron chi connectivity index (χ3n) is 3.97. The van der Waals surface area contributed by atoms with Gasteiger partial charge in [0.2, 0.25) is 0 Å². The molecule has 0 atom stereocenters. The van der Waals surface area contributed by atoms with E-state index in [0.717, 1.165) is 21.6 Å². The Labute approximate surface area is 149 Å². The number of para-hydroxylation sites is 2. The van der Waals surface area contributed by atoms with Gasteiger partial charge in [-0.2, -0.15) is 0 Å². The van der Waals surface area contributed by atoms with Gasteiger partial charge in [0.05, 0.1) is 17.6 Å². The summed E-state index contributed by atoms with van der Waals surface area (Å²) in [7, 11) is 0. The smallest absolute Gasteiger partial charge is 0.259 e. The minimum absolute atomic E-state index is 0.0556. The molecule has 1 amide bonds. The zero-order valence-electron chi connectivity index (χ0n) is 13.4. The van der Waals surface area contributed by atoms with Crippen LogP contribution >= 0.6 is 11.3 Å². The molecule has 2 aromatic heterocycles. The average Bonchev–Trinajstić information content (AvgIpc) is 3.19. The first kappa shape index (κ1) is 15.5. The van der Waals surface area contributed by atoms with Crippen molar-refractivity contribution in [2.45, 2.75) is 6.54 Å². The molecule has 122 valence electrons. The summed E-state index contributed by atoms with van der Waals surface area (Å²) in [5, 5.41) is 3.68. The number of hydrogen-bond donors (Lipinski definition) is 0. The molecule has 0 radical (unpaired) electrons. The number of aromatic nitrogens is 2. The van der Waals surface area contributed by atoms with Crippen molar-refractivity contribution in [3.05, 3.63) is 89.0 Å².